The SMILES string of the molecule is CC1=C(C(=O)c2ccccc2)C(c2cc([N+](=O)[O-])c(O)cc2O)NC(=S)N1C. The van der Waals surface area contributed by atoms with Gasteiger partial charge in [-0.1, -0.05) is 30.3 Å². The van der Waals surface area contributed by atoms with Gasteiger partial charge in [0.05, 0.1) is 11.0 Å². The molecular formula is C19H17N3O5S. The molecule has 2 aromatic rings. The quantitative estimate of drug-likeness (QED) is 0.311. The van der Waals surface area contributed by atoms with Gasteiger partial charge in [0.25, 0.3) is 0 Å². The summed E-state index contributed by atoms with van der Waals surface area (Å²) < 4.78 is 0. The Morgan fingerprint density at radius 3 is 2.46 bits per heavy atom. The maximum absolute atomic E-state index is 13.2. The normalized spacial score (nSPS) is 16.7. The summed E-state index contributed by atoms with van der Waals surface area (Å²) in [5.74, 6) is -1.36. The topological polar surface area (TPSA) is 116 Å². The van der Waals surface area contributed by atoms with E-state index in [-0.39, 0.29) is 22.7 Å². The average molecular weight is 399 g/mol. The number of phenols is 2. The fourth-order valence-corrected chi connectivity index (χ4v) is 3.32. The summed E-state index contributed by atoms with van der Waals surface area (Å²) in [4.78, 5) is 25.3. The van der Waals surface area contributed by atoms with Crippen molar-refractivity contribution in [3.8, 4) is 11.5 Å². The second-order valence-corrected chi connectivity index (χ2v) is 6.68. The van der Waals surface area contributed by atoms with E-state index in [9.17, 15) is 25.1 Å². The lowest BCUT2D eigenvalue weighted by atomic mass is 9.88. The number of nitro benzene ring substituents is 1. The number of Topliss-reactive ketones (excluding diaryl/α,β-unsaturated/α-hetero) is 1. The number of carbonyl (C=O) groups excluding carboxylic acids is 1. The van der Waals surface area contributed by atoms with Crippen LogP contribution in [0, 0.1) is 10.1 Å². The summed E-state index contributed by atoms with van der Waals surface area (Å²) >= 11 is 5.30. The summed E-state index contributed by atoms with van der Waals surface area (Å²) in [6.45, 7) is 1.71. The lowest BCUT2D eigenvalue weighted by Crippen LogP contribution is -2.45. The fraction of sp³-hybridized carbons (Fsp3) is 0.158. The molecule has 8 nitrogen and oxygen atoms in total. The molecule has 1 aliphatic rings. The number of phenolic OH excluding ortho intramolecular Hbond substituents is 2. The number of benzene rings is 2. The van der Waals surface area contributed by atoms with Crippen LogP contribution < -0.4 is 5.32 Å². The molecule has 2 aromatic carbocycles. The van der Waals surface area contributed by atoms with Crippen molar-refractivity contribution in [2.24, 2.45) is 0 Å². The molecule has 1 unspecified atom stereocenters. The van der Waals surface area contributed by atoms with E-state index in [1.807, 2.05) is 0 Å². The molecule has 0 saturated heterocycles. The number of nitrogens with zero attached hydrogens (tertiary/aromatic N) is 2. The van der Waals surface area contributed by atoms with Crippen LogP contribution in [0.15, 0.2) is 53.7 Å². The number of thiocarbonyl (C=S) groups is 1. The van der Waals surface area contributed by atoms with E-state index in [1.165, 1.54) is 0 Å². The van der Waals surface area contributed by atoms with Crippen molar-refractivity contribution in [3.05, 3.63) is 75.0 Å². The van der Waals surface area contributed by atoms with Gasteiger partial charge in [-0.05, 0) is 19.1 Å². The molecule has 144 valence electrons. The molecule has 1 atom stereocenters. The molecule has 0 aromatic heterocycles. The largest absolute Gasteiger partial charge is 0.507 e. The zero-order valence-corrected chi connectivity index (χ0v) is 15.9. The third-order valence-corrected chi connectivity index (χ3v) is 5.06. The van der Waals surface area contributed by atoms with Crippen molar-refractivity contribution in [3.63, 3.8) is 0 Å². The first-order valence-electron chi connectivity index (χ1n) is 8.27. The molecular weight excluding hydrogens is 382 g/mol. The molecule has 1 aliphatic heterocycles. The number of ketones is 1. The smallest absolute Gasteiger partial charge is 0.311 e. The van der Waals surface area contributed by atoms with E-state index in [1.54, 1.807) is 49.2 Å². The number of nitro groups is 1. The van der Waals surface area contributed by atoms with Gasteiger partial charge in [0.15, 0.2) is 16.6 Å². The summed E-state index contributed by atoms with van der Waals surface area (Å²) in [7, 11) is 1.69. The third-order valence-electron chi connectivity index (χ3n) is 4.67. The minimum absolute atomic E-state index is 0.0681. The molecule has 3 N–H and O–H groups in total. The van der Waals surface area contributed by atoms with Crippen LogP contribution in [-0.4, -0.2) is 38.0 Å². The summed E-state index contributed by atoms with van der Waals surface area (Å²) in [6, 6.07) is 9.56. The summed E-state index contributed by atoms with van der Waals surface area (Å²) in [5, 5.41) is 34.6. The van der Waals surface area contributed by atoms with Gasteiger partial charge in [0, 0.05) is 41.6 Å². The first-order chi connectivity index (χ1) is 13.2. The average Bonchev–Trinajstić information content (AvgIpc) is 2.66. The second kappa shape index (κ2) is 7.28. The molecule has 3 rings (SSSR count). The number of aromatic hydroxyl groups is 2. The molecule has 0 saturated carbocycles. The van der Waals surface area contributed by atoms with E-state index >= 15 is 0 Å². The van der Waals surface area contributed by atoms with Gasteiger partial charge in [-0.2, -0.15) is 0 Å². The monoisotopic (exact) mass is 399 g/mol. The standard InChI is InChI=1S/C19H17N3O5S/c1-10-16(18(25)11-6-4-3-5-7-11)17(20-19(28)21(10)2)12-8-13(22(26)27)15(24)9-14(12)23/h3-9,17,23-24H,1-2H3,(H,20,28). The third kappa shape index (κ3) is 3.27. The van der Waals surface area contributed by atoms with Gasteiger partial charge in [0.1, 0.15) is 5.75 Å². The first kappa shape index (κ1) is 19.3. The molecule has 0 aliphatic carbocycles. The highest BCUT2D eigenvalue weighted by atomic mass is 32.1. The Morgan fingerprint density at radius 1 is 1.21 bits per heavy atom. The van der Waals surface area contributed by atoms with Crippen molar-refractivity contribution in [1.82, 2.24) is 10.2 Å². The van der Waals surface area contributed by atoms with Crippen LogP contribution in [0.1, 0.15) is 28.9 Å². The van der Waals surface area contributed by atoms with E-state index in [0.717, 1.165) is 12.1 Å². The van der Waals surface area contributed by atoms with Crippen LogP contribution in [-0.2, 0) is 0 Å². The van der Waals surface area contributed by atoms with E-state index in [2.05, 4.69) is 5.32 Å². The zero-order chi connectivity index (χ0) is 20.6. The highest BCUT2D eigenvalue weighted by molar-refractivity contribution is 7.80. The second-order valence-electron chi connectivity index (χ2n) is 6.29. The molecule has 0 amide bonds. The van der Waals surface area contributed by atoms with Gasteiger partial charge in [-0.3, -0.25) is 14.9 Å². The number of hydrogen-bond donors (Lipinski definition) is 3. The zero-order valence-electron chi connectivity index (χ0n) is 15.0. The Morgan fingerprint density at radius 2 is 1.86 bits per heavy atom. The molecule has 0 fully saturated rings. The number of rotatable bonds is 4. The van der Waals surface area contributed by atoms with Gasteiger partial charge in [0.2, 0.25) is 0 Å². The number of hydrogen-bond acceptors (Lipinski definition) is 6. The maximum atomic E-state index is 13.2. The van der Waals surface area contributed by atoms with Gasteiger partial charge < -0.3 is 20.4 Å². The van der Waals surface area contributed by atoms with Crippen molar-refractivity contribution >= 4 is 28.8 Å². The molecule has 28 heavy (non-hydrogen) atoms. The van der Waals surface area contributed by atoms with Crippen LogP contribution in [0.5, 0.6) is 11.5 Å². The molecule has 1 heterocycles. The van der Waals surface area contributed by atoms with Crippen molar-refractivity contribution in [2.45, 2.75) is 13.0 Å². The highest BCUT2D eigenvalue weighted by Gasteiger charge is 2.35. The van der Waals surface area contributed by atoms with Crippen LogP contribution in [0.2, 0.25) is 0 Å². The van der Waals surface area contributed by atoms with Crippen LogP contribution in [0.4, 0.5) is 5.69 Å². The minimum atomic E-state index is -0.921. The van der Waals surface area contributed by atoms with Crippen molar-refractivity contribution in [2.75, 3.05) is 7.05 Å². The van der Waals surface area contributed by atoms with Crippen molar-refractivity contribution in [1.29, 1.82) is 0 Å². The Hall–Kier alpha value is -3.46. The highest BCUT2D eigenvalue weighted by Crippen LogP contribution is 2.41. The van der Waals surface area contributed by atoms with Crippen molar-refractivity contribution < 1.29 is 19.9 Å². The van der Waals surface area contributed by atoms with E-state index < -0.39 is 22.4 Å². The Labute approximate surface area is 165 Å². The van der Waals surface area contributed by atoms with Gasteiger partial charge >= 0.3 is 5.69 Å². The fourth-order valence-electron chi connectivity index (χ4n) is 3.07. The summed E-state index contributed by atoms with van der Waals surface area (Å²) in [5.41, 5.74) is 0.759. The van der Waals surface area contributed by atoms with E-state index in [0.29, 0.717) is 16.4 Å². The Bertz CT molecular complexity index is 1020. The number of nitrogens with one attached hydrogen (secondary N) is 1. The van der Waals surface area contributed by atoms with Crippen LogP contribution in [0.25, 0.3) is 0 Å². The predicted octanol–water partition coefficient (Wildman–Crippen LogP) is 3.02. The lowest BCUT2D eigenvalue weighted by molar-refractivity contribution is -0.386. The minimum Gasteiger partial charge on any atom is -0.507 e. The Kier molecular flexibility index (Phi) is 5.02. The van der Waals surface area contributed by atoms with Crippen LogP contribution in [0.3, 0.4) is 0 Å². The Balaban J connectivity index is 2.21. The van der Waals surface area contributed by atoms with E-state index in [4.69, 9.17) is 12.2 Å². The lowest BCUT2D eigenvalue weighted by Gasteiger charge is -2.36. The summed E-state index contributed by atoms with van der Waals surface area (Å²) in [6.07, 6.45) is 0. The molecule has 0 bridgehead atoms. The van der Waals surface area contributed by atoms with Gasteiger partial charge in [-0.15, -0.1) is 0 Å². The van der Waals surface area contributed by atoms with Crippen LogP contribution >= 0.6 is 12.2 Å². The predicted molar refractivity (Wildman–Crippen MR) is 106 cm³/mol. The molecule has 9 heteroatoms. The number of allylic oxidation sites excluding steroid dienone is 1. The maximum Gasteiger partial charge on any atom is 0.311 e. The molecule has 0 spiro atoms. The van der Waals surface area contributed by atoms with Gasteiger partial charge in [-0.25, -0.2) is 0 Å². The number of carbonyl (C=O) groups is 1. The molecule has 0 radical (unpaired) electrons. The first-order valence-corrected chi connectivity index (χ1v) is 8.68.